The topological polar surface area (TPSA) is 29.5 Å². The van der Waals surface area contributed by atoms with Gasteiger partial charge in [0.15, 0.2) is 6.29 Å². The van der Waals surface area contributed by atoms with Crippen LogP contribution in [-0.2, 0) is 10.9 Å². The summed E-state index contributed by atoms with van der Waals surface area (Å²) in [5, 5.41) is 0. The first-order valence-electron chi connectivity index (χ1n) is 6.27. The number of nitrogens with zero attached hydrogens (tertiary/aromatic N) is 1. The number of aldehydes is 1. The Morgan fingerprint density at radius 3 is 2.50 bits per heavy atom. The molecular formula is C14H18F3NO2. The predicted molar refractivity (Wildman–Crippen MR) is 71.2 cm³/mol. The first-order chi connectivity index (χ1) is 9.35. The van der Waals surface area contributed by atoms with Crippen molar-refractivity contribution in [2.45, 2.75) is 26.1 Å². The Hall–Kier alpha value is -1.56. The molecule has 1 unspecified atom stereocenters. The normalized spacial score (nSPS) is 13.1. The zero-order valence-electron chi connectivity index (χ0n) is 11.7. The second-order valence-electron chi connectivity index (χ2n) is 4.48. The van der Waals surface area contributed by atoms with Gasteiger partial charge in [0.25, 0.3) is 0 Å². The van der Waals surface area contributed by atoms with Crippen LogP contribution in [0, 0.1) is 0 Å². The van der Waals surface area contributed by atoms with Crippen molar-refractivity contribution in [2.24, 2.45) is 0 Å². The molecule has 0 saturated heterocycles. The number of carbonyl (C=O) groups is 1. The van der Waals surface area contributed by atoms with Crippen molar-refractivity contribution in [1.29, 1.82) is 0 Å². The fourth-order valence-electron chi connectivity index (χ4n) is 2.15. The van der Waals surface area contributed by atoms with Gasteiger partial charge < -0.3 is 9.64 Å². The number of anilines is 1. The number of ether oxygens (including phenoxy) is 1. The van der Waals surface area contributed by atoms with Gasteiger partial charge >= 0.3 is 6.18 Å². The second-order valence-corrected chi connectivity index (χ2v) is 4.48. The van der Waals surface area contributed by atoms with Crippen LogP contribution >= 0.6 is 0 Å². The molecule has 0 amide bonds. The van der Waals surface area contributed by atoms with Crippen molar-refractivity contribution >= 4 is 12.0 Å². The van der Waals surface area contributed by atoms with E-state index in [9.17, 15) is 18.0 Å². The van der Waals surface area contributed by atoms with Crippen molar-refractivity contribution in [1.82, 2.24) is 0 Å². The van der Waals surface area contributed by atoms with E-state index in [1.54, 1.807) is 12.0 Å². The van der Waals surface area contributed by atoms with Gasteiger partial charge in [-0.1, -0.05) is 0 Å². The summed E-state index contributed by atoms with van der Waals surface area (Å²) in [6.07, 6.45) is -4.32. The molecule has 0 saturated carbocycles. The molecule has 0 spiro atoms. The maximum Gasteiger partial charge on any atom is 0.417 e. The number of carbonyl (C=O) groups excluding carboxylic acids is 1. The molecule has 0 aliphatic heterocycles. The summed E-state index contributed by atoms with van der Waals surface area (Å²) < 4.78 is 43.8. The van der Waals surface area contributed by atoms with Gasteiger partial charge in [0.1, 0.15) is 0 Å². The molecule has 1 aromatic rings. The highest BCUT2D eigenvalue weighted by Crippen LogP contribution is 2.34. The fraction of sp³-hybridized carbons (Fsp3) is 0.500. The number of likely N-dealkylation sites (N-methyl/N-ethyl adjacent to an activating group) is 1. The lowest BCUT2D eigenvalue weighted by molar-refractivity contribution is -0.137. The minimum absolute atomic E-state index is 0.0619. The quantitative estimate of drug-likeness (QED) is 0.752. The lowest BCUT2D eigenvalue weighted by atomic mass is 10.1. The molecule has 0 bridgehead atoms. The van der Waals surface area contributed by atoms with Crippen molar-refractivity contribution in [2.75, 3.05) is 25.2 Å². The van der Waals surface area contributed by atoms with Crippen molar-refractivity contribution in [3.8, 4) is 0 Å². The summed E-state index contributed by atoms with van der Waals surface area (Å²) in [6, 6.07) is 3.68. The molecule has 0 aliphatic rings. The summed E-state index contributed by atoms with van der Waals surface area (Å²) in [5.74, 6) is 0. The molecule has 0 aliphatic carbocycles. The molecule has 6 heteroatoms. The van der Waals surface area contributed by atoms with Crippen LogP contribution in [0.3, 0.4) is 0 Å². The third-order valence-electron chi connectivity index (χ3n) is 3.08. The van der Waals surface area contributed by atoms with Crippen LogP contribution in [0.25, 0.3) is 0 Å². The zero-order chi connectivity index (χ0) is 15.3. The molecule has 0 heterocycles. The summed E-state index contributed by atoms with van der Waals surface area (Å²) in [4.78, 5) is 12.5. The molecule has 1 aromatic carbocycles. The van der Waals surface area contributed by atoms with Gasteiger partial charge in [-0.25, -0.2) is 0 Å². The Balaban J connectivity index is 3.22. The number of halogens is 3. The third kappa shape index (κ3) is 3.72. The standard InChI is InChI=1S/C14H18F3NO2/c1-4-18(10(2)9-20-3)12-6-5-11(8-19)13(7-12)14(15,16)17/h5-8,10H,4,9H2,1-3H3. The molecule has 0 N–H and O–H groups in total. The van der Waals surface area contributed by atoms with E-state index in [4.69, 9.17) is 4.74 Å². The number of alkyl halides is 3. The van der Waals surface area contributed by atoms with Crippen molar-refractivity contribution in [3.63, 3.8) is 0 Å². The summed E-state index contributed by atoms with van der Waals surface area (Å²) in [7, 11) is 1.54. The number of hydrogen-bond donors (Lipinski definition) is 0. The molecule has 0 fully saturated rings. The number of benzene rings is 1. The highest BCUT2D eigenvalue weighted by molar-refractivity contribution is 5.79. The van der Waals surface area contributed by atoms with Gasteiger partial charge in [-0.3, -0.25) is 4.79 Å². The molecule has 112 valence electrons. The van der Waals surface area contributed by atoms with E-state index in [1.165, 1.54) is 12.1 Å². The van der Waals surface area contributed by atoms with E-state index in [0.717, 1.165) is 6.07 Å². The lowest BCUT2D eigenvalue weighted by Crippen LogP contribution is -2.36. The van der Waals surface area contributed by atoms with Gasteiger partial charge in [-0.15, -0.1) is 0 Å². The first kappa shape index (κ1) is 16.5. The number of methoxy groups -OCH3 is 1. The predicted octanol–water partition coefficient (Wildman–Crippen LogP) is 3.38. The van der Waals surface area contributed by atoms with E-state index >= 15 is 0 Å². The monoisotopic (exact) mass is 289 g/mol. The summed E-state index contributed by atoms with van der Waals surface area (Å²) >= 11 is 0. The Bertz CT molecular complexity index is 460. The minimum atomic E-state index is -4.55. The van der Waals surface area contributed by atoms with E-state index in [-0.39, 0.29) is 17.9 Å². The molecular weight excluding hydrogens is 271 g/mol. The smallest absolute Gasteiger partial charge is 0.383 e. The van der Waals surface area contributed by atoms with Crippen molar-refractivity contribution in [3.05, 3.63) is 29.3 Å². The summed E-state index contributed by atoms with van der Waals surface area (Å²) in [5.41, 5.74) is -0.834. The molecule has 3 nitrogen and oxygen atoms in total. The van der Waals surface area contributed by atoms with Crippen LogP contribution in [0.2, 0.25) is 0 Å². The highest BCUT2D eigenvalue weighted by atomic mass is 19.4. The van der Waals surface area contributed by atoms with Gasteiger partial charge in [-0.05, 0) is 32.0 Å². The van der Waals surface area contributed by atoms with E-state index in [1.807, 2.05) is 13.8 Å². The second kappa shape index (κ2) is 6.74. The maximum absolute atomic E-state index is 12.9. The maximum atomic E-state index is 12.9. The van der Waals surface area contributed by atoms with Crippen LogP contribution in [0.1, 0.15) is 29.8 Å². The molecule has 1 rings (SSSR count). The average Bonchev–Trinajstić information content (AvgIpc) is 2.38. The van der Waals surface area contributed by atoms with Gasteiger partial charge in [0.2, 0.25) is 0 Å². The SMILES string of the molecule is CCN(c1ccc(C=O)c(C(F)(F)F)c1)C(C)COC. The van der Waals surface area contributed by atoms with Crippen LogP contribution in [0.5, 0.6) is 0 Å². The highest BCUT2D eigenvalue weighted by Gasteiger charge is 2.34. The average molecular weight is 289 g/mol. The minimum Gasteiger partial charge on any atom is -0.383 e. The Morgan fingerprint density at radius 1 is 1.40 bits per heavy atom. The largest absolute Gasteiger partial charge is 0.417 e. The van der Waals surface area contributed by atoms with E-state index in [0.29, 0.717) is 18.8 Å². The Morgan fingerprint density at radius 2 is 2.05 bits per heavy atom. The number of hydrogen-bond acceptors (Lipinski definition) is 3. The van der Waals surface area contributed by atoms with E-state index in [2.05, 4.69) is 0 Å². The summed E-state index contributed by atoms with van der Waals surface area (Å²) in [6.45, 7) is 4.67. The number of rotatable bonds is 6. The van der Waals surface area contributed by atoms with Gasteiger partial charge in [0, 0.05) is 30.9 Å². The lowest BCUT2D eigenvalue weighted by Gasteiger charge is -2.30. The van der Waals surface area contributed by atoms with Gasteiger partial charge in [-0.2, -0.15) is 13.2 Å². The molecule has 0 radical (unpaired) electrons. The Labute approximate surface area is 116 Å². The molecule has 0 aromatic heterocycles. The molecule has 1 atom stereocenters. The fourth-order valence-corrected chi connectivity index (χ4v) is 2.15. The van der Waals surface area contributed by atoms with Crippen LogP contribution in [0.4, 0.5) is 18.9 Å². The van der Waals surface area contributed by atoms with Crippen molar-refractivity contribution < 1.29 is 22.7 Å². The zero-order valence-corrected chi connectivity index (χ0v) is 11.7. The van der Waals surface area contributed by atoms with E-state index < -0.39 is 11.7 Å². The third-order valence-corrected chi connectivity index (χ3v) is 3.08. The van der Waals surface area contributed by atoms with Crippen LogP contribution < -0.4 is 4.90 Å². The molecule has 20 heavy (non-hydrogen) atoms. The van der Waals surface area contributed by atoms with Crippen LogP contribution in [0.15, 0.2) is 18.2 Å². The Kier molecular flexibility index (Phi) is 5.56. The first-order valence-corrected chi connectivity index (χ1v) is 6.27. The van der Waals surface area contributed by atoms with Gasteiger partial charge in [0.05, 0.1) is 12.2 Å². The van der Waals surface area contributed by atoms with Crippen LogP contribution in [-0.4, -0.2) is 32.6 Å².